The highest BCUT2D eigenvalue weighted by atomic mass is 16.2. The van der Waals surface area contributed by atoms with Crippen LogP contribution in [-0.4, -0.2) is 47.8 Å². The van der Waals surface area contributed by atoms with Crippen LogP contribution in [0.3, 0.4) is 0 Å². The van der Waals surface area contributed by atoms with Crippen molar-refractivity contribution in [2.45, 2.75) is 58.8 Å². The van der Waals surface area contributed by atoms with E-state index in [1.54, 1.807) is 0 Å². The van der Waals surface area contributed by atoms with Gasteiger partial charge in [-0.3, -0.25) is 9.59 Å². The van der Waals surface area contributed by atoms with E-state index in [0.29, 0.717) is 5.92 Å². The summed E-state index contributed by atoms with van der Waals surface area (Å²) in [5, 5.41) is 0. The number of piperidine rings is 1. The Hall–Kier alpha value is -1.84. The van der Waals surface area contributed by atoms with Crippen molar-refractivity contribution in [3.05, 3.63) is 35.9 Å². The summed E-state index contributed by atoms with van der Waals surface area (Å²) < 4.78 is 0. The predicted octanol–water partition coefficient (Wildman–Crippen LogP) is 3.90. The van der Waals surface area contributed by atoms with Gasteiger partial charge in [-0.25, -0.2) is 0 Å². The molecule has 4 heteroatoms. The maximum atomic E-state index is 13.1. The molecule has 2 fully saturated rings. The van der Waals surface area contributed by atoms with Crippen molar-refractivity contribution in [3.8, 4) is 0 Å². The molecule has 4 nitrogen and oxygen atoms in total. The van der Waals surface area contributed by atoms with Crippen molar-refractivity contribution < 1.29 is 9.59 Å². The topological polar surface area (TPSA) is 40.6 Å². The third kappa shape index (κ3) is 4.91. The lowest BCUT2D eigenvalue weighted by atomic mass is 9.86. The number of rotatable bonds is 4. The molecule has 2 aliphatic heterocycles. The molecule has 0 atom stereocenters. The molecule has 0 aromatic heterocycles. The highest BCUT2D eigenvalue weighted by molar-refractivity contribution is 6.04. The van der Waals surface area contributed by atoms with Crippen molar-refractivity contribution >= 4 is 11.8 Å². The predicted molar refractivity (Wildman–Crippen MR) is 108 cm³/mol. The first-order valence-electron chi connectivity index (χ1n) is 10.6. The van der Waals surface area contributed by atoms with Gasteiger partial charge >= 0.3 is 0 Å². The first-order valence-corrected chi connectivity index (χ1v) is 10.6. The summed E-state index contributed by atoms with van der Waals surface area (Å²) in [5.74, 6) is 0.650. The molecule has 2 saturated heterocycles. The molecule has 0 unspecified atom stereocenters. The average Bonchev–Trinajstić information content (AvgIpc) is 2.97. The molecule has 0 spiro atoms. The Morgan fingerprint density at radius 2 is 1.37 bits per heavy atom. The van der Waals surface area contributed by atoms with Gasteiger partial charge < -0.3 is 9.80 Å². The second-order valence-corrected chi connectivity index (χ2v) is 8.76. The van der Waals surface area contributed by atoms with Gasteiger partial charge in [0.1, 0.15) is 5.41 Å². The third-order valence-corrected chi connectivity index (χ3v) is 6.23. The van der Waals surface area contributed by atoms with Gasteiger partial charge in [0.2, 0.25) is 11.8 Å². The smallest absolute Gasteiger partial charge is 0.237 e. The molecule has 0 bridgehead atoms. The monoisotopic (exact) mass is 370 g/mol. The quantitative estimate of drug-likeness (QED) is 0.754. The molecule has 148 valence electrons. The van der Waals surface area contributed by atoms with Gasteiger partial charge in [0, 0.05) is 26.2 Å². The first kappa shape index (κ1) is 19.9. The van der Waals surface area contributed by atoms with E-state index in [0.717, 1.165) is 58.3 Å². The van der Waals surface area contributed by atoms with Gasteiger partial charge in [0.25, 0.3) is 0 Å². The Bertz CT molecular complexity index is 625. The van der Waals surface area contributed by atoms with E-state index in [9.17, 15) is 9.59 Å². The van der Waals surface area contributed by atoms with Gasteiger partial charge in [-0.15, -0.1) is 0 Å². The van der Waals surface area contributed by atoms with E-state index in [4.69, 9.17) is 0 Å². The van der Waals surface area contributed by atoms with Gasteiger partial charge in [-0.2, -0.15) is 0 Å². The molecule has 27 heavy (non-hydrogen) atoms. The highest BCUT2D eigenvalue weighted by Crippen LogP contribution is 2.28. The van der Waals surface area contributed by atoms with E-state index in [1.807, 2.05) is 29.7 Å². The lowest BCUT2D eigenvalue weighted by molar-refractivity contribution is -0.155. The lowest BCUT2D eigenvalue weighted by Crippen LogP contribution is -2.52. The van der Waals surface area contributed by atoms with Crippen molar-refractivity contribution in [1.29, 1.82) is 0 Å². The molecule has 0 saturated carbocycles. The Kier molecular flexibility index (Phi) is 6.56. The van der Waals surface area contributed by atoms with Crippen LogP contribution in [0, 0.1) is 11.3 Å². The summed E-state index contributed by atoms with van der Waals surface area (Å²) in [4.78, 5) is 30.0. The van der Waals surface area contributed by atoms with Gasteiger partial charge in [-0.1, -0.05) is 43.2 Å². The van der Waals surface area contributed by atoms with Crippen molar-refractivity contribution in [3.63, 3.8) is 0 Å². The van der Waals surface area contributed by atoms with E-state index in [-0.39, 0.29) is 11.8 Å². The van der Waals surface area contributed by atoms with E-state index in [1.165, 1.54) is 18.4 Å². The average molecular weight is 371 g/mol. The van der Waals surface area contributed by atoms with Crippen molar-refractivity contribution in [2.75, 3.05) is 26.2 Å². The molecule has 3 rings (SSSR count). The fraction of sp³-hybridized carbons (Fsp3) is 0.652. The zero-order chi connectivity index (χ0) is 19.3. The molecular weight excluding hydrogens is 336 g/mol. The molecule has 1 aromatic carbocycles. The highest BCUT2D eigenvalue weighted by Gasteiger charge is 2.42. The minimum atomic E-state index is -0.948. The second-order valence-electron chi connectivity index (χ2n) is 8.76. The Labute approximate surface area is 163 Å². The Balaban J connectivity index is 1.55. The number of amides is 2. The summed E-state index contributed by atoms with van der Waals surface area (Å²) in [6.07, 6.45) is 7.62. The molecular formula is C23H34N2O2. The van der Waals surface area contributed by atoms with Crippen LogP contribution in [-0.2, 0) is 16.0 Å². The standard InChI is InChI=1S/C23H34N2O2/c1-23(2,21(26)24-14-8-3-4-9-15-24)22(27)25-16-12-20(13-17-25)18-19-10-6-5-7-11-19/h5-7,10-11,20H,3-4,8-9,12-18H2,1-2H3. The molecule has 0 N–H and O–H groups in total. The van der Waals surface area contributed by atoms with Crippen molar-refractivity contribution in [2.24, 2.45) is 11.3 Å². The summed E-state index contributed by atoms with van der Waals surface area (Å²) in [7, 11) is 0. The number of hydrogen-bond donors (Lipinski definition) is 0. The van der Waals surface area contributed by atoms with Crippen LogP contribution in [0.4, 0.5) is 0 Å². The summed E-state index contributed by atoms with van der Waals surface area (Å²) in [5.41, 5.74) is 0.426. The fourth-order valence-corrected chi connectivity index (χ4v) is 4.44. The zero-order valence-electron chi connectivity index (χ0n) is 17.0. The molecule has 2 amide bonds. The summed E-state index contributed by atoms with van der Waals surface area (Å²) >= 11 is 0. The number of nitrogens with zero attached hydrogens (tertiary/aromatic N) is 2. The van der Waals surface area contributed by atoms with Crippen LogP contribution in [0.15, 0.2) is 30.3 Å². The number of likely N-dealkylation sites (tertiary alicyclic amines) is 2. The molecule has 2 heterocycles. The lowest BCUT2D eigenvalue weighted by Gasteiger charge is -2.38. The van der Waals surface area contributed by atoms with Crippen LogP contribution in [0.5, 0.6) is 0 Å². The summed E-state index contributed by atoms with van der Waals surface area (Å²) in [6.45, 7) is 6.78. The van der Waals surface area contributed by atoms with Gasteiger partial charge in [-0.05, 0) is 57.4 Å². The molecule has 1 aromatic rings. The van der Waals surface area contributed by atoms with Crippen molar-refractivity contribution in [1.82, 2.24) is 9.80 Å². The molecule has 2 aliphatic rings. The largest absolute Gasteiger partial charge is 0.342 e. The van der Waals surface area contributed by atoms with Crippen LogP contribution in [0.2, 0.25) is 0 Å². The van der Waals surface area contributed by atoms with E-state index in [2.05, 4.69) is 24.3 Å². The maximum absolute atomic E-state index is 13.1. The first-order chi connectivity index (χ1) is 13.0. The fourth-order valence-electron chi connectivity index (χ4n) is 4.44. The van der Waals surface area contributed by atoms with Crippen LogP contribution >= 0.6 is 0 Å². The van der Waals surface area contributed by atoms with Crippen LogP contribution in [0.1, 0.15) is 57.9 Å². The number of benzene rings is 1. The normalized spacial score (nSPS) is 19.6. The third-order valence-electron chi connectivity index (χ3n) is 6.23. The number of carbonyl (C=O) groups excluding carboxylic acids is 2. The summed E-state index contributed by atoms with van der Waals surface area (Å²) in [6, 6.07) is 10.6. The second kappa shape index (κ2) is 8.90. The maximum Gasteiger partial charge on any atom is 0.237 e. The van der Waals surface area contributed by atoms with Gasteiger partial charge in [0.05, 0.1) is 0 Å². The van der Waals surface area contributed by atoms with E-state index >= 15 is 0 Å². The van der Waals surface area contributed by atoms with Crippen LogP contribution < -0.4 is 0 Å². The minimum absolute atomic E-state index is 0.00917. The van der Waals surface area contributed by atoms with Crippen LogP contribution in [0.25, 0.3) is 0 Å². The van der Waals surface area contributed by atoms with E-state index < -0.39 is 5.41 Å². The number of carbonyl (C=O) groups is 2. The Morgan fingerprint density at radius 1 is 0.852 bits per heavy atom. The minimum Gasteiger partial charge on any atom is -0.342 e. The molecule has 0 aliphatic carbocycles. The SMILES string of the molecule is CC(C)(C(=O)N1CCCCCC1)C(=O)N1CCC(Cc2ccccc2)CC1. The molecule has 0 radical (unpaired) electrons. The Morgan fingerprint density at radius 3 is 1.93 bits per heavy atom. The van der Waals surface area contributed by atoms with Gasteiger partial charge in [0.15, 0.2) is 0 Å². The zero-order valence-corrected chi connectivity index (χ0v) is 17.0. The number of hydrogen-bond acceptors (Lipinski definition) is 2.